The number of nitrogens with zero attached hydrogens (tertiary/aromatic N) is 3. The van der Waals surface area contributed by atoms with Gasteiger partial charge in [0.25, 0.3) is 0 Å². The highest BCUT2D eigenvalue weighted by Crippen LogP contribution is 2.23. The van der Waals surface area contributed by atoms with Crippen molar-refractivity contribution in [1.29, 1.82) is 0 Å². The van der Waals surface area contributed by atoms with E-state index in [1.165, 1.54) is 11.1 Å². The zero-order valence-electron chi connectivity index (χ0n) is 10.8. The van der Waals surface area contributed by atoms with Crippen LogP contribution in [0.3, 0.4) is 0 Å². The van der Waals surface area contributed by atoms with E-state index in [0.717, 1.165) is 23.6 Å². The Morgan fingerprint density at radius 2 is 2.00 bits per heavy atom. The molecule has 2 rings (SSSR count). The summed E-state index contributed by atoms with van der Waals surface area (Å²) < 4.78 is 1.96. The molecule has 0 aliphatic heterocycles. The SMILES string of the molecule is Cc1ccccc1Cn1nc(C)c(N=C=S)c1C. The number of aromatic nitrogens is 2. The summed E-state index contributed by atoms with van der Waals surface area (Å²) in [6.07, 6.45) is 0. The number of aliphatic imine (C=N–C) groups is 1. The smallest absolute Gasteiger partial charge is 0.118 e. The van der Waals surface area contributed by atoms with Crippen LogP contribution >= 0.6 is 12.2 Å². The van der Waals surface area contributed by atoms with E-state index in [0.29, 0.717) is 0 Å². The monoisotopic (exact) mass is 257 g/mol. The van der Waals surface area contributed by atoms with Gasteiger partial charge < -0.3 is 0 Å². The normalized spacial score (nSPS) is 10.2. The molecular formula is C14H15N3S. The van der Waals surface area contributed by atoms with Gasteiger partial charge in [-0.25, -0.2) is 0 Å². The minimum absolute atomic E-state index is 0.756. The fourth-order valence-corrected chi connectivity index (χ4v) is 2.09. The zero-order chi connectivity index (χ0) is 13.1. The van der Waals surface area contributed by atoms with Crippen molar-refractivity contribution in [3.05, 3.63) is 46.8 Å². The van der Waals surface area contributed by atoms with Crippen LogP contribution in [0.2, 0.25) is 0 Å². The maximum atomic E-state index is 4.66. The van der Waals surface area contributed by atoms with Gasteiger partial charge in [0, 0.05) is 0 Å². The molecule has 4 heteroatoms. The van der Waals surface area contributed by atoms with E-state index >= 15 is 0 Å². The largest absolute Gasteiger partial charge is 0.263 e. The molecular weight excluding hydrogens is 242 g/mol. The molecule has 18 heavy (non-hydrogen) atoms. The Morgan fingerprint density at radius 1 is 1.28 bits per heavy atom. The van der Waals surface area contributed by atoms with Crippen LogP contribution in [0.25, 0.3) is 0 Å². The molecule has 92 valence electrons. The van der Waals surface area contributed by atoms with Crippen molar-refractivity contribution in [2.75, 3.05) is 0 Å². The van der Waals surface area contributed by atoms with Crippen LogP contribution in [0.4, 0.5) is 5.69 Å². The van der Waals surface area contributed by atoms with Crippen LogP contribution in [-0.4, -0.2) is 14.9 Å². The minimum atomic E-state index is 0.756. The second kappa shape index (κ2) is 5.25. The summed E-state index contributed by atoms with van der Waals surface area (Å²) >= 11 is 4.66. The third kappa shape index (κ3) is 2.40. The molecule has 0 spiro atoms. The summed E-state index contributed by atoms with van der Waals surface area (Å²) in [5, 5.41) is 6.91. The van der Waals surface area contributed by atoms with Gasteiger partial charge in [0.1, 0.15) is 5.69 Å². The molecule has 0 bridgehead atoms. The zero-order valence-corrected chi connectivity index (χ0v) is 11.6. The summed E-state index contributed by atoms with van der Waals surface area (Å²) in [6, 6.07) is 8.32. The second-order valence-electron chi connectivity index (χ2n) is 4.31. The Hall–Kier alpha value is -1.77. The van der Waals surface area contributed by atoms with Crippen molar-refractivity contribution in [2.24, 2.45) is 4.99 Å². The number of rotatable bonds is 3. The number of thiocarbonyl (C=S) groups is 1. The van der Waals surface area contributed by atoms with Gasteiger partial charge in [0.05, 0.1) is 23.1 Å². The van der Waals surface area contributed by atoms with Crippen LogP contribution in [-0.2, 0) is 6.54 Å². The van der Waals surface area contributed by atoms with Gasteiger partial charge in [-0.1, -0.05) is 24.3 Å². The molecule has 0 N–H and O–H groups in total. The molecule has 0 saturated heterocycles. The molecule has 0 atom stereocenters. The van der Waals surface area contributed by atoms with Gasteiger partial charge in [0.2, 0.25) is 0 Å². The molecule has 1 heterocycles. The lowest BCUT2D eigenvalue weighted by Crippen LogP contribution is -2.05. The fourth-order valence-electron chi connectivity index (χ4n) is 2.00. The molecule has 1 aromatic carbocycles. The lowest BCUT2D eigenvalue weighted by molar-refractivity contribution is 0.657. The third-order valence-electron chi connectivity index (χ3n) is 3.08. The highest BCUT2D eigenvalue weighted by Gasteiger charge is 2.11. The van der Waals surface area contributed by atoms with Crippen molar-refractivity contribution < 1.29 is 0 Å². The first-order valence-corrected chi connectivity index (χ1v) is 6.20. The lowest BCUT2D eigenvalue weighted by atomic mass is 10.1. The topological polar surface area (TPSA) is 30.2 Å². The average molecular weight is 257 g/mol. The Kier molecular flexibility index (Phi) is 3.70. The van der Waals surface area contributed by atoms with Gasteiger partial charge in [-0.3, -0.25) is 4.68 Å². The van der Waals surface area contributed by atoms with E-state index in [1.807, 2.05) is 30.7 Å². The third-order valence-corrected chi connectivity index (χ3v) is 3.17. The molecule has 0 unspecified atom stereocenters. The summed E-state index contributed by atoms with van der Waals surface area (Å²) in [6.45, 7) is 6.81. The molecule has 3 nitrogen and oxygen atoms in total. The van der Waals surface area contributed by atoms with E-state index in [2.05, 4.69) is 46.5 Å². The van der Waals surface area contributed by atoms with Crippen LogP contribution in [0.5, 0.6) is 0 Å². The van der Waals surface area contributed by atoms with Crippen LogP contribution < -0.4 is 0 Å². The molecule has 0 amide bonds. The Labute approximate surface area is 112 Å². The van der Waals surface area contributed by atoms with E-state index < -0.39 is 0 Å². The first kappa shape index (κ1) is 12.7. The fraction of sp³-hybridized carbons (Fsp3) is 0.286. The van der Waals surface area contributed by atoms with Crippen molar-refractivity contribution in [1.82, 2.24) is 9.78 Å². The maximum absolute atomic E-state index is 4.66. The summed E-state index contributed by atoms with van der Waals surface area (Å²) in [5.74, 6) is 0. The van der Waals surface area contributed by atoms with E-state index in [9.17, 15) is 0 Å². The van der Waals surface area contributed by atoms with Gasteiger partial charge in [-0.2, -0.15) is 10.1 Å². The predicted molar refractivity (Wildman–Crippen MR) is 76.7 cm³/mol. The molecule has 0 fully saturated rings. The first-order chi connectivity index (χ1) is 8.63. The number of hydrogen-bond acceptors (Lipinski definition) is 3. The molecule has 0 aliphatic rings. The minimum Gasteiger partial charge on any atom is -0.263 e. The molecule has 0 radical (unpaired) electrons. The number of isothiocyanates is 1. The summed E-state index contributed by atoms with van der Waals surface area (Å²) in [4.78, 5) is 4.07. The highest BCUT2D eigenvalue weighted by atomic mass is 32.1. The molecule has 1 aromatic heterocycles. The predicted octanol–water partition coefficient (Wildman–Crippen LogP) is 3.59. The van der Waals surface area contributed by atoms with Gasteiger partial charge in [-0.15, -0.1) is 0 Å². The van der Waals surface area contributed by atoms with Crippen LogP contribution in [0.15, 0.2) is 29.3 Å². The van der Waals surface area contributed by atoms with Crippen molar-refractivity contribution in [2.45, 2.75) is 27.3 Å². The van der Waals surface area contributed by atoms with Crippen LogP contribution in [0.1, 0.15) is 22.5 Å². The van der Waals surface area contributed by atoms with Gasteiger partial charge >= 0.3 is 0 Å². The number of benzene rings is 1. The second-order valence-corrected chi connectivity index (χ2v) is 4.49. The maximum Gasteiger partial charge on any atom is 0.118 e. The molecule has 0 aliphatic carbocycles. The first-order valence-electron chi connectivity index (χ1n) is 5.80. The summed E-state index contributed by atoms with van der Waals surface area (Å²) in [5.41, 5.74) is 5.27. The van der Waals surface area contributed by atoms with Gasteiger partial charge in [-0.05, 0) is 44.1 Å². The van der Waals surface area contributed by atoms with E-state index in [4.69, 9.17) is 0 Å². The van der Waals surface area contributed by atoms with E-state index in [1.54, 1.807) is 0 Å². The van der Waals surface area contributed by atoms with Crippen molar-refractivity contribution >= 4 is 23.1 Å². The molecule has 2 aromatic rings. The summed E-state index contributed by atoms with van der Waals surface area (Å²) in [7, 11) is 0. The Morgan fingerprint density at radius 3 is 2.67 bits per heavy atom. The highest BCUT2D eigenvalue weighted by molar-refractivity contribution is 7.78. The Bertz CT molecular complexity index is 622. The van der Waals surface area contributed by atoms with Crippen molar-refractivity contribution in [3.8, 4) is 0 Å². The average Bonchev–Trinajstić information content (AvgIpc) is 2.60. The number of aryl methyl sites for hydroxylation is 2. The quantitative estimate of drug-likeness (QED) is 0.621. The lowest BCUT2D eigenvalue weighted by Gasteiger charge is -2.07. The van der Waals surface area contributed by atoms with Crippen molar-refractivity contribution in [3.63, 3.8) is 0 Å². The van der Waals surface area contributed by atoms with Gasteiger partial charge in [0.15, 0.2) is 0 Å². The van der Waals surface area contributed by atoms with E-state index in [-0.39, 0.29) is 0 Å². The standard InChI is InChI=1S/C14H15N3S/c1-10-6-4-5-7-13(10)8-17-12(3)14(15-9-18)11(2)16-17/h4-7H,8H2,1-3H3. The number of hydrogen-bond donors (Lipinski definition) is 0. The van der Waals surface area contributed by atoms with Crippen LogP contribution in [0, 0.1) is 20.8 Å². The Balaban J connectivity index is 2.39. The molecule has 0 saturated carbocycles.